The van der Waals surface area contributed by atoms with Gasteiger partial charge in [0.05, 0.1) is 72.2 Å². The van der Waals surface area contributed by atoms with Crippen molar-refractivity contribution in [2.24, 2.45) is 0 Å². The molecule has 13 aromatic carbocycles. The first-order valence-corrected chi connectivity index (χ1v) is 29.3. The molecule has 0 aliphatic rings. The molecule has 0 saturated carbocycles. The number of fused-ring (bicyclic) bond motifs is 15. The minimum atomic E-state index is 1.13. The maximum Gasteiger partial charge on any atom is 0.0541 e. The van der Waals surface area contributed by atoms with Gasteiger partial charge in [-0.1, -0.05) is 194 Å². The molecule has 0 bridgehead atoms. The highest BCUT2D eigenvalue weighted by molar-refractivity contribution is 6.13. The molecule has 18 aromatic rings. The second-order valence-electron chi connectivity index (χ2n) is 22.6. The van der Waals surface area contributed by atoms with Gasteiger partial charge in [-0.25, -0.2) is 0 Å². The Morgan fingerprint density at radius 2 is 0.329 bits per heavy atom. The summed E-state index contributed by atoms with van der Waals surface area (Å²) in [6.07, 6.45) is 0. The summed E-state index contributed by atoms with van der Waals surface area (Å²) >= 11 is 0. The van der Waals surface area contributed by atoms with Gasteiger partial charge >= 0.3 is 0 Å². The van der Waals surface area contributed by atoms with E-state index in [1.807, 2.05) is 0 Å². The number of rotatable bonds is 6. The number of para-hydroxylation sites is 10. The molecule has 0 amide bonds. The zero-order chi connectivity index (χ0) is 56.3. The van der Waals surface area contributed by atoms with Crippen LogP contribution in [0.1, 0.15) is 11.1 Å². The number of nitrogens with zero attached hydrogens (tertiary/aromatic N) is 5. The van der Waals surface area contributed by atoms with Gasteiger partial charge in [0.25, 0.3) is 0 Å². The Labute approximate surface area is 490 Å². The van der Waals surface area contributed by atoms with Crippen LogP contribution >= 0.6 is 0 Å². The smallest absolute Gasteiger partial charge is 0.0541 e. The average molecular weight is 1090 g/mol. The molecule has 18 rings (SSSR count). The van der Waals surface area contributed by atoms with Gasteiger partial charge in [-0.05, 0) is 139 Å². The molecule has 0 spiro atoms. The summed E-state index contributed by atoms with van der Waals surface area (Å²) in [5.74, 6) is 0. The second-order valence-corrected chi connectivity index (χ2v) is 22.6. The van der Waals surface area contributed by atoms with Gasteiger partial charge in [0.15, 0.2) is 0 Å². The highest BCUT2D eigenvalue weighted by Crippen LogP contribution is 2.41. The van der Waals surface area contributed by atoms with Crippen LogP contribution in [0, 0.1) is 13.8 Å². The monoisotopic (exact) mass is 1090 g/mol. The molecule has 0 unspecified atom stereocenters. The molecular weight excluding hydrogens is 1030 g/mol. The van der Waals surface area contributed by atoms with Crippen LogP contribution in [0.4, 0.5) is 0 Å². The highest BCUT2D eigenvalue weighted by atomic mass is 15.0. The minimum absolute atomic E-state index is 1.13. The fourth-order valence-corrected chi connectivity index (χ4v) is 14.1. The minimum Gasteiger partial charge on any atom is -0.309 e. The zero-order valence-corrected chi connectivity index (χ0v) is 47.0. The van der Waals surface area contributed by atoms with E-state index in [1.54, 1.807) is 0 Å². The topological polar surface area (TPSA) is 24.6 Å². The normalized spacial score (nSPS) is 11.9. The van der Waals surface area contributed by atoms with Crippen LogP contribution < -0.4 is 0 Å². The van der Waals surface area contributed by atoms with Crippen molar-refractivity contribution in [2.45, 2.75) is 13.8 Å². The average Bonchev–Trinajstić information content (AvgIpc) is 2.13. The first kappa shape index (κ1) is 48.6. The van der Waals surface area contributed by atoms with Gasteiger partial charge in [-0.2, -0.15) is 0 Å². The maximum absolute atomic E-state index is 2.43. The lowest BCUT2D eigenvalue weighted by atomic mass is 9.95. The van der Waals surface area contributed by atoms with Crippen molar-refractivity contribution >= 4 is 109 Å². The Bertz CT molecular complexity index is 4970. The Morgan fingerprint density at radius 1 is 0.165 bits per heavy atom. The maximum atomic E-state index is 2.43. The van der Waals surface area contributed by atoms with Crippen molar-refractivity contribution in [2.75, 3.05) is 0 Å². The predicted octanol–water partition coefficient (Wildman–Crippen LogP) is 21.1. The largest absolute Gasteiger partial charge is 0.309 e. The van der Waals surface area contributed by atoms with Gasteiger partial charge in [0, 0.05) is 65.2 Å². The van der Waals surface area contributed by atoms with Crippen molar-refractivity contribution < 1.29 is 0 Å². The molecule has 5 heteroatoms. The summed E-state index contributed by atoms with van der Waals surface area (Å²) in [6, 6.07) is 108. The first-order valence-electron chi connectivity index (χ1n) is 29.3. The molecule has 5 heterocycles. The van der Waals surface area contributed by atoms with E-state index in [9.17, 15) is 0 Å². The SMILES string of the molecule is Cc1cc(-n2c3ccccc3c3ccccc32)ccc1-c1ccc(-n2c3ccccc3c3ccccc32)cc1C.c1ccc2c(c1)c1ccccc1n2-c1cc(-n2c3ccccc3c3ccccc32)cc(-n2c3ccccc3c3ccccc32)c1. The van der Waals surface area contributed by atoms with Gasteiger partial charge in [-0.3, -0.25) is 0 Å². The molecule has 0 aliphatic carbocycles. The standard InChI is InChI=1S/C42H27N3.C38H28N2/c1-7-19-37-31(13-1)32-14-2-8-20-38(32)43(37)28-25-29(44-39-21-9-3-15-33(39)34-16-4-10-22-40(34)44)27-30(26-28)45-41-23-11-5-17-35(41)36-18-6-12-24-42(36)45;1-25-23-27(39-35-15-7-3-11-31(35)32-12-4-8-16-36(32)39)19-21-29(25)30-22-20-28(24-26(30)2)40-37-17-9-5-13-33(37)34-14-6-10-18-38(34)40/h1-27H;3-24H,1-2H3. The third kappa shape index (κ3) is 7.50. The van der Waals surface area contributed by atoms with E-state index in [0.717, 1.165) is 17.1 Å². The van der Waals surface area contributed by atoms with E-state index in [2.05, 4.69) is 334 Å². The van der Waals surface area contributed by atoms with E-state index in [4.69, 9.17) is 0 Å². The summed E-state index contributed by atoms with van der Waals surface area (Å²) in [6.45, 7) is 4.46. The number of benzene rings is 13. The Hall–Kier alpha value is -11.1. The summed E-state index contributed by atoms with van der Waals surface area (Å²) in [5, 5.41) is 12.7. The fraction of sp³-hybridized carbons (Fsp3) is 0.0250. The zero-order valence-electron chi connectivity index (χ0n) is 47.0. The highest BCUT2D eigenvalue weighted by Gasteiger charge is 2.21. The molecule has 0 N–H and O–H groups in total. The van der Waals surface area contributed by atoms with Gasteiger partial charge in [0.1, 0.15) is 0 Å². The van der Waals surface area contributed by atoms with Crippen LogP contribution in [0.5, 0.6) is 0 Å². The third-order valence-electron chi connectivity index (χ3n) is 17.8. The van der Waals surface area contributed by atoms with Crippen molar-refractivity contribution in [1.82, 2.24) is 22.8 Å². The van der Waals surface area contributed by atoms with E-state index >= 15 is 0 Å². The lowest BCUT2D eigenvalue weighted by molar-refractivity contribution is 1.10. The van der Waals surface area contributed by atoms with Crippen molar-refractivity contribution in [3.05, 3.63) is 308 Å². The van der Waals surface area contributed by atoms with E-state index in [1.165, 1.54) is 143 Å². The first-order chi connectivity index (χ1) is 42.0. The summed E-state index contributed by atoms with van der Waals surface area (Å²) in [4.78, 5) is 0. The van der Waals surface area contributed by atoms with E-state index in [-0.39, 0.29) is 0 Å². The predicted molar refractivity (Wildman–Crippen MR) is 359 cm³/mol. The Morgan fingerprint density at radius 3 is 0.506 bits per heavy atom. The third-order valence-corrected chi connectivity index (χ3v) is 17.8. The lowest BCUT2D eigenvalue weighted by Crippen LogP contribution is -2.03. The van der Waals surface area contributed by atoms with Crippen LogP contribution in [0.15, 0.2) is 297 Å². The molecular formula is C80H55N5. The van der Waals surface area contributed by atoms with E-state index in [0.29, 0.717) is 0 Å². The quantitative estimate of drug-likeness (QED) is 0.159. The van der Waals surface area contributed by atoms with Crippen LogP contribution in [-0.2, 0) is 0 Å². The van der Waals surface area contributed by atoms with Crippen LogP contribution in [0.25, 0.3) is 149 Å². The van der Waals surface area contributed by atoms with Crippen molar-refractivity contribution in [1.29, 1.82) is 0 Å². The number of aryl methyl sites for hydroxylation is 2. The number of hydrogen-bond donors (Lipinski definition) is 0. The van der Waals surface area contributed by atoms with Crippen molar-refractivity contribution in [3.8, 4) is 39.6 Å². The van der Waals surface area contributed by atoms with E-state index < -0.39 is 0 Å². The number of aromatic nitrogens is 5. The molecule has 0 fully saturated rings. The Kier molecular flexibility index (Phi) is 11.0. The van der Waals surface area contributed by atoms with Gasteiger partial charge in [-0.15, -0.1) is 0 Å². The Balaban J connectivity index is 0.000000134. The summed E-state index contributed by atoms with van der Waals surface area (Å²) < 4.78 is 12.1. The molecule has 5 nitrogen and oxygen atoms in total. The molecule has 85 heavy (non-hydrogen) atoms. The van der Waals surface area contributed by atoms with Crippen LogP contribution in [0.2, 0.25) is 0 Å². The van der Waals surface area contributed by atoms with Crippen molar-refractivity contribution in [3.63, 3.8) is 0 Å². The summed E-state index contributed by atoms with van der Waals surface area (Å²) in [7, 11) is 0. The molecule has 400 valence electrons. The molecule has 0 atom stereocenters. The number of hydrogen-bond acceptors (Lipinski definition) is 0. The summed E-state index contributed by atoms with van der Waals surface area (Å²) in [5.41, 5.74) is 23.0. The second kappa shape index (κ2) is 19.2. The van der Waals surface area contributed by atoms with Gasteiger partial charge in [0.2, 0.25) is 0 Å². The van der Waals surface area contributed by atoms with Crippen LogP contribution in [-0.4, -0.2) is 22.8 Å². The molecule has 0 radical (unpaired) electrons. The van der Waals surface area contributed by atoms with Crippen LogP contribution in [0.3, 0.4) is 0 Å². The fourth-order valence-electron chi connectivity index (χ4n) is 14.1. The molecule has 5 aromatic heterocycles. The lowest BCUT2D eigenvalue weighted by Gasteiger charge is -2.17. The van der Waals surface area contributed by atoms with Gasteiger partial charge < -0.3 is 22.8 Å². The molecule has 0 saturated heterocycles. The molecule has 0 aliphatic heterocycles.